The van der Waals surface area contributed by atoms with E-state index in [1.165, 1.54) is 0 Å². The molecule has 0 heterocycles. The van der Waals surface area contributed by atoms with Gasteiger partial charge in [-0.05, 0) is 39.5 Å². The Balaban J connectivity index is 2.59. The van der Waals surface area contributed by atoms with Crippen LogP contribution in [0.25, 0.3) is 0 Å². The number of hydrogen-bond acceptors (Lipinski definition) is 3. The van der Waals surface area contributed by atoms with Gasteiger partial charge in [0, 0.05) is 6.61 Å². The number of ether oxygens (including phenoxy) is 2. The van der Waals surface area contributed by atoms with Crippen molar-refractivity contribution in [3.63, 3.8) is 0 Å². The number of carbonyl (C=O) groups is 1. The third-order valence-electron chi connectivity index (χ3n) is 3.14. The maximum absolute atomic E-state index is 11.8. The van der Waals surface area contributed by atoms with E-state index < -0.39 is 5.41 Å². The number of rotatable bonds is 5. The molecule has 0 aliphatic heterocycles. The molecule has 1 aliphatic rings. The van der Waals surface area contributed by atoms with Crippen LogP contribution in [-0.2, 0) is 14.3 Å². The second-order valence-electron chi connectivity index (χ2n) is 4.39. The topological polar surface area (TPSA) is 35.5 Å². The van der Waals surface area contributed by atoms with E-state index in [-0.39, 0.29) is 12.1 Å². The van der Waals surface area contributed by atoms with Crippen LogP contribution < -0.4 is 0 Å². The molecule has 3 heteroatoms. The van der Waals surface area contributed by atoms with Crippen LogP contribution in [0.2, 0.25) is 0 Å². The fourth-order valence-corrected chi connectivity index (χ4v) is 2.19. The average Bonchev–Trinajstić information content (AvgIpc) is 2.59. The van der Waals surface area contributed by atoms with Gasteiger partial charge in [0.05, 0.1) is 18.1 Å². The van der Waals surface area contributed by atoms with Crippen molar-refractivity contribution in [3.05, 3.63) is 0 Å². The van der Waals surface area contributed by atoms with Gasteiger partial charge in [-0.25, -0.2) is 0 Å². The highest BCUT2D eigenvalue weighted by Crippen LogP contribution is 2.41. The molecule has 2 atom stereocenters. The van der Waals surface area contributed by atoms with Crippen molar-refractivity contribution in [1.82, 2.24) is 0 Å². The predicted octanol–water partition coefficient (Wildman–Crippen LogP) is 2.53. The molecule has 0 aromatic carbocycles. The molecule has 1 aliphatic carbocycles. The Morgan fingerprint density at radius 1 is 1.47 bits per heavy atom. The van der Waals surface area contributed by atoms with E-state index in [1.54, 1.807) is 0 Å². The zero-order valence-corrected chi connectivity index (χ0v) is 10.0. The van der Waals surface area contributed by atoms with Crippen LogP contribution in [0.5, 0.6) is 0 Å². The fraction of sp³-hybridized carbons (Fsp3) is 0.917. The summed E-state index contributed by atoms with van der Waals surface area (Å²) in [5.41, 5.74) is -0.412. The standard InChI is InChI=1S/C12H22O3/c1-4-9-15-10-7-6-8-12(10,3)11(13)14-5-2/h10H,4-9H2,1-3H3. The Kier molecular flexibility index (Phi) is 4.58. The van der Waals surface area contributed by atoms with Gasteiger partial charge in [0.1, 0.15) is 0 Å². The summed E-state index contributed by atoms with van der Waals surface area (Å²) in [6.07, 6.45) is 3.98. The quantitative estimate of drug-likeness (QED) is 0.660. The Hall–Kier alpha value is -0.570. The summed E-state index contributed by atoms with van der Waals surface area (Å²) in [6, 6.07) is 0. The third kappa shape index (κ3) is 2.71. The van der Waals surface area contributed by atoms with Crippen LogP contribution in [0.4, 0.5) is 0 Å². The SMILES string of the molecule is CCCOC1CCCC1(C)C(=O)OCC. The van der Waals surface area contributed by atoms with Gasteiger partial charge >= 0.3 is 5.97 Å². The van der Waals surface area contributed by atoms with Crippen molar-refractivity contribution in [2.75, 3.05) is 13.2 Å². The lowest BCUT2D eigenvalue weighted by atomic mass is 9.86. The van der Waals surface area contributed by atoms with Crippen LogP contribution >= 0.6 is 0 Å². The minimum Gasteiger partial charge on any atom is -0.465 e. The van der Waals surface area contributed by atoms with E-state index in [9.17, 15) is 4.79 Å². The highest BCUT2D eigenvalue weighted by molar-refractivity contribution is 5.77. The van der Waals surface area contributed by atoms with Crippen LogP contribution in [0.15, 0.2) is 0 Å². The summed E-state index contributed by atoms with van der Waals surface area (Å²) >= 11 is 0. The van der Waals surface area contributed by atoms with Crippen molar-refractivity contribution in [2.24, 2.45) is 5.41 Å². The second kappa shape index (κ2) is 5.50. The molecule has 0 spiro atoms. The fourth-order valence-electron chi connectivity index (χ4n) is 2.19. The van der Waals surface area contributed by atoms with Crippen LogP contribution in [0, 0.1) is 5.41 Å². The van der Waals surface area contributed by atoms with Gasteiger partial charge in [0.15, 0.2) is 0 Å². The van der Waals surface area contributed by atoms with E-state index in [0.717, 1.165) is 32.3 Å². The molecule has 0 aromatic heterocycles. The molecule has 0 saturated heterocycles. The van der Waals surface area contributed by atoms with Crippen molar-refractivity contribution in [2.45, 2.75) is 52.6 Å². The molecule has 0 radical (unpaired) electrons. The van der Waals surface area contributed by atoms with Crippen molar-refractivity contribution >= 4 is 5.97 Å². The van der Waals surface area contributed by atoms with E-state index in [1.807, 2.05) is 13.8 Å². The molecule has 0 bridgehead atoms. The van der Waals surface area contributed by atoms with Crippen LogP contribution in [-0.4, -0.2) is 25.3 Å². The van der Waals surface area contributed by atoms with Crippen molar-refractivity contribution < 1.29 is 14.3 Å². The van der Waals surface area contributed by atoms with E-state index >= 15 is 0 Å². The summed E-state index contributed by atoms with van der Waals surface area (Å²) in [5, 5.41) is 0. The Labute approximate surface area is 92.1 Å². The van der Waals surface area contributed by atoms with E-state index in [2.05, 4.69) is 6.92 Å². The average molecular weight is 214 g/mol. The van der Waals surface area contributed by atoms with Gasteiger partial charge in [0.2, 0.25) is 0 Å². The molecular formula is C12H22O3. The van der Waals surface area contributed by atoms with Crippen LogP contribution in [0.3, 0.4) is 0 Å². The van der Waals surface area contributed by atoms with Gasteiger partial charge < -0.3 is 9.47 Å². The highest BCUT2D eigenvalue weighted by atomic mass is 16.5. The molecule has 0 N–H and O–H groups in total. The lowest BCUT2D eigenvalue weighted by Crippen LogP contribution is -2.38. The normalized spacial score (nSPS) is 30.5. The third-order valence-corrected chi connectivity index (χ3v) is 3.14. The largest absolute Gasteiger partial charge is 0.465 e. The summed E-state index contributed by atoms with van der Waals surface area (Å²) in [5.74, 6) is -0.0939. The number of hydrogen-bond donors (Lipinski definition) is 0. The molecule has 1 rings (SSSR count). The molecule has 3 nitrogen and oxygen atoms in total. The number of esters is 1. The van der Waals surface area contributed by atoms with Gasteiger partial charge in [-0.3, -0.25) is 4.79 Å². The Morgan fingerprint density at radius 3 is 2.80 bits per heavy atom. The second-order valence-corrected chi connectivity index (χ2v) is 4.39. The predicted molar refractivity (Wildman–Crippen MR) is 58.6 cm³/mol. The van der Waals surface area contributed by atoms with Gasteiger partial charge in [0.25, 0.3) is 0 Å². The molecule has 88 valence electrons. The Morgan fingerprint density at radius 2 is 2.20 bits per heavy atom. The van der Waals surface area contributed by atoms with Gasteiger partial charge in [-0.2, -0.15) is 0 Å². The molecule has 1 fully saturated rings. The molecule has 15 heavy (non-hydrogen) atoms. The molecular weight excluding hydrogens is 192 g/mol. The zero-order valence-electron chi connectivity index (χ0n) is 10.0. The lowest BCUT2D eigenvalue weighted by molar-refractivity contribution is -0.162. The Bertz CT molecular complexity index is 215. The first kappa shape index (κ1) is 12.5. The maximum atomic E-state index is 11.8. The number of carbonyl (C=O) groups excluding carboxylic acids is 1. The molecule has 0 aromatic rings. The monoisotopic (exact) mass is 214 g/mol. The first-order valence-electron chi connectivity index (χ1n) is 5.94. The first-order chi connectivity index (χ1) is 7.15. The highest BCUT2D eigenvalue weighted by Gasteiger charge is 2.46. The summed E-state index contributed by atoms with van der Waals surface area (Å²) in [4.78, 5) is 11.8. The minimum atomic E-state index is -0.412. The van der Waals surface area contributed by atoms with Gasteiger partial charge in [-0.15, -0.1) is 0 Å². The lowest BCUT2D eigenvalue weighted by Gasteiger charge is -2.28. The first-order valence-corrected chi connectivity index (χ1v) is 5.94. The summed E-state index contributed by atoms with van der Waals surface area (Å²) < 4.78 is 10.9. The minimum absolute atomic E-state index is 0.0523. The van der Waals surface area contributed by atoms with Crippen molar-refractivity contribution in [3.8, 4) is 0 Å². The van der Waals surface area contributed by atoms with Crippen LogP contribution in [0.1, 0.15) is 46.5 Å². The molecule has 0 amide bonds. The van der Waals surface area contributed by atoms with E-state index in [4.69, 9.17) is 9.47 Å². The maximum Gasteiger partial charge on any atom is 0.314 e. The smallest absolute Gasteiger partial charge is 0.314 e. The molecule has 2 unspecified atom stereocenters. The zero-order chi connectivity index (χ0) is 11.3. The van der Waals surface area contributed by atoms with E-state index in [0.29, 0.717) is 6.61 Å². The van der Waals surface area contributed by atoms with Crippen molar-refractivity contribution in [1.29, 1.82) is 0 Å². The summed E-state index contributed by atoms with van der Waals surface area (Å²) in [6.45, 7) is 7.08. The van der Waals surface area contributed by atoms with Gasteiger partial charge in [-0.1, -0.05) is 6.92 Å². The summed E-state index contributed by atoms with van der Waals surface area (Å²) in [7, 11) is 0. The molecule has 1 saturated carbocycles.